The van der Waals surface area contributed by atoms with Crippen molar-refractivity contribution in [2.24, 2.45) is 5.92 Å². The third kappa shape index (κ3) is 11.3. The summed E-state index contributed by atoms with van der Waals surface area (Å²) in [5, 5.41) is 2.45. The highest BCUT2D eigenvalue weighted by Gasteiger charge is 2.04. The molecule has 0 heterocycles. The number of rotatable bonds is 9. The average Bonchev–Trinajstić information content (AvgIpc) is 2.33. The molecule has 0 saturated heterocycles. The molecular formula is C13H25NO5. The molecule has 0 aromatic carbocycles. The molecule has 0 aliphatic rings. The minimum atomic E-state index is -0.556. The van der Waals surface area contributed by atoms with Crippen molar-refractivity contribution in [3.63, 3.8) is 0 Å². The van der Waals surface area contributed by atoms with Gasteiger partial charge in [0.15, 0.2) is 0 Å². The summed E-state index contributed by atoms with van der Waals surface area (Å²) in [4.78, 5) is 22.2. The van der Waals surface area contributed by atoms with E-state index < -0.39 is 12.1 Å². The minimum absolute atomic E-state index is 0. The van der Waals surface area contributed by atoms with E-state index in [2.05, 4.69) is 11.9 Å². The molecular weight excluding hydrogens is 250 g/mol. The van der Waals surface area contributed by atoms with E-state index in [-0.39, 0.29) is 21.2 Å². The summed E-state index contributed by atoms with van der Waals surface area (Å²) in [5.41, 5.74) is 0.324. The predicted octanol–water partition coefficient (Wildman–Crippen LogP) is 1.75. The van der Waals surface area contributed by atoms with Gasteiger partial charge in [0.1, 0.15) is 13.2 Å². The van der Waals surface area contributed by atoms with Crippen LogP contribution in [0.5, 0.6) is 0 Å². The molecule has 0 aromatic rings. The zero-order valence-corrected chi connectivity index (χ0v) is 11.9. The van der Waals surface area contributed by atoms with Gasteiger partial charge >= 0.3 is 12.1 Å². The molecule has 1 N–H and O–H groups in total. The lowest BCUT2D eigenvalue weighted by Gasteiger charge is -2.09. The van der Waals surface area contributed by atoms with Gasteiger partial charge in [0, 0.05) is 13.6 Å². The first-order valence-corrected chi connectivity index (χ1v) is 6.24. The van der Waals surface area contributed by atoms with Crippen molar-refractivity contribution in [1.29, 1.82) is 0 Å². The van der Waals surface area contributed by atoms with Crippen molar-refractivity contribution in [3.05, 3.63) is 12.2 Å². The van der Waals surface area contributed by atoms with Gasteiger partial charge in [0.2, 0.25) is 0 Å². The third-order valence-corrected chi connectivity index (χ3v) is 1.87. The summed E-state index contributed by atoms with van der Waals surface area (Å²) in [6.45, 7) is 10.6. The SMILES string of the molecule is C=C(C)C(=O)OCCNC(=O)OCCOCC(C)C.[HH]. The van der Waals surface area contributed by atoms with Crippen LogP contribution < -0.4 is 5.32 Å². The molecule has 0 saturated carbocycles. The molecule has 1 amide bonds. The Balaban J connectivity index is 0. The van der Waals surface area contributed by atoms with Crippen LogP contribution in [0, 0.1) is 5.92 Å². The van der Waals surface area contributed by atoms with Gasteiger partial charge in [-0.05, 0) is 12.8 Å². The molecule has 0 atom stereocenters. The number of hydrogen-bond donors (Lipinski definition) is 1. The van der Waals surface area contributed by atoms with Crippen LogP contribution in [0.1, 0.15) is 22.2 Å². The number of alkyl carbamates (subject to hydrolysis) is 1. The third-order valence-electron chi connectivity index (χ3n) is 1.87. The summed E-state index contributed by atoms with van der Waals surface area (Å²) >= 11 is 0. The summed E-state index contributed by atoms with van der Waals surface area (Å²) in [7, 11) is 0. The Morgan fingerprint density at radius 1 is 1.21 bits per heavy atom. The lowest BCUT2D eigenvalue weighted by molar-refractivity contribution is -0.138. The standard InChI is InChI=1S/C13H23NO5.H2/c1-10(2)9-17-7-8-19-13(16)14-5-6-18-12(15)11(3)4;/h10H,3,5-9H2,1-2,4H3,(H,14,16);1H. The number of ether oxygens (including phenoxy) is 3. The molecule has 0 aliphatic heterocycles. The molecule has 0 aromatic heterocycles. The highest BCUT2D eigenvalue weighted by molar-refractivity contribution is 5.86. The fourth-order valence-corrected chi connectivity index (χ4v) is 0.983. The highest BCUT2D eigenvalue weighted by atomic mass is 16.6. The maximum atomic E-state index is 11.2. The van der Waals surface area contributed by atoms with Crippen LogP contribution in [0.25, 0.3) is 0 Å². The van der Waals surface area contributed by atoms with Crippen LogP contribution in [0.3, 0.4) is 0 Å². The first kappa shape index (κ1) is 17.4. The molecule has 112 valence electrons. The second kappa shape index (κ2) is 10.4. The van der Waals surface area contributed by atoms with Gasteiger partial charge in [0.05, 0.1) is 13.2 Å². The topological polar surface area (TPSA) is 73.9 Å². The zero-order chi connectivity index (χ0) is 14.7. The van der Waals surface area contributed by atoms with Crippen molar-refractivity contribution >= 4 is 12.1 Å². The van der Waals surface area contributed by atoms with Crippen molar-refractivity contribution in [2.75, 3.05) is 33.0 Å². The lowest BCUT2D eigenvalue weighted by atomic mass is 10.2. The number of amides is 1. The van der Waals surface area contributed by atoms with E-state index >= 15 is 0 Å². The quantitative estimate of drug-likeness (QED) is 0.394. The van der Waals surface area contributed by atoms with Crippen LogP contribution in [0.4, 0.5) is 4.79 Å². The van der Waals surface area contributed by atoms with Gasteiger partial charge in [-0.1, -0.05) is 20.4 Å². The Hall–Kier alpha value is -1.56. The Labute approximate surface area is 115 Å². The van der Waals surface area contributed by atoms with E-state index in [0.717, 1.165) is 0 Å². The Morgan fingerprint density at radius 3 is 2.47 bits per heavy atom. The van der Waals surface area contributed by atoms with Crippen molar-refractivity contribution in [3.8, 4) is 0 Å². The normalized spacial score (nSPS) is 10.1. The number of esters is 1. The molecule has 0 spiro atoms. The molecule has 6 heteroatoms. The molecule has 0 fully saturated rings. The first-order chi connectivity index (χ1) is 8.93. The highest BCUT2D eigenvalue weighted by Crippen LogP contribution is 1.92. The van der Waals surface area contributed by atoms with Gasteiger partial charge in [0.25, 0.3) is 0 Å². The van der Waals surface area contributed by atoms with E-state index in [1.54, 1.807) is 6.92 Å². The number of carbonyl (C=O) groups excluding carboxylic acids is 2. The number of hydrogen-bond acceptors (Lipinski definition) is 5. The summed E-state index contributed by atoms with van der Waals surface area (Å²) in [6, 6.07) is 0. The molecule has 19 heavy (non-hydrogen) atoms. The monoisotopic (exact) mass is 275 g/mol. The van der Waals surface area contributed by atoms with E-state index in [1.165, 1.54) is 0 Å². The van der Waals surface area contributed by atoms with Gasteiger partial charge < -0.3 is 19.5 Å². The van der Waals surface area contributed by atoms with Crippen LogP contribution in [-0.2, 0) is 19.0 Å². The smallest absolute Gasteiger partial charge is 0.407 e. The molecule has 0 aliphatic carbocycles. The van der Waals surface area contributed by atoms with Gasteiger partial charge in [-0.2, -0.15) is 0 Å². The molecule has 0 radical (unpaired) electrons. The average molecular weight is 275 g/mol. The van der Waals surface area contributed by atoms with Crippen molar-refractivity contribution in [2.45, 2.75) is 20.8 Å². The van der Waals surface area contributed by atoms with E-state index in [4.69, 9.17) is 14.2 Å². The first-order valence-electron chi connectivity index (χ1n) is 6.24. The van der Waals surface area contributed by atoms with Crippen LogP contribution in [0.2, 0.25) is 0 Å². The van der Waals surface area contributed by atoms with Crippen LogP contribution in [-0.4, -0.2) is 45.0 Å². The number of carbonyl (C=O) groups is 2. The fraction of sp³-hybridized carbons (Fsp3) is 0.692. The van der Waals surface area contributed by atoms with Crippen LogP contribution >= 0.6 is 0 Å². The van der Waals surface area contributed by atoms with Gasteiger partial charge in [-0.3, -0.25) is 0 Å². The second-order valence-electron chi connectivity index (χ2n) is 4.45. The summed E-state index contributed by atoms with van der Waals surface area (Å²) in [5.74, 6) is -0.0194. The predicted molar refractivity (Wildman–Crippen MR) is 72.9 cm³/mol. The van der Waals surface area contributed by atoms with E-state index in [0.29, 0.717) is 24.7 Å². The summed E-state index contributed by atoms with van der Waals surface area (Å²) < 4.78 is 14.9. The second-order valence-corrected chi connectivity index (χ2v) is 4.45. The van der Waals surface area contributed by atoms with Gasteiger partial charge in [-0.25, -0.2) is 9.59 Å². The van der Waals surface area contributed by atoms with E-state index in [9.17, 15) is 9.59 Å². The van der Waals surface area contributed by atoms with Crippen molar-refractivity contribution < 1.29 is 25.2 Å². The summed E-state index contributed by atoms with van der Waals surface area (Å²) in [6.07, 6.45) is -0.556. The fourth-order valence-electron chi connectivity index (χ4n) is 0.983. The zero-order valence-electron chi connectivity index (χ0n) is 11.9. The minimum Gasteiger partial charge on any atom is -0.460 e. The molecule has 0 bridgehead atoms. The van der Waals surface area contributed by atoms with E-state index in [1.807, 2.05) is 13.8 Å². The molecule has 0 rings (SSSR count). The molecule has 0 unspecified atom stereocenters. The number of nitrogens with one attached hydrogen (secondary N) is 1. The molecule has 6 nitrogen and oxygen atoms in total. The maximum Gasteiger partial charge on any atom is 0.407 e. The Kier molecular flexibility index (Phi) is 9.52. The Morgan fingerprint density at radius 2 is 1.89 bits per heavy atom. The van der Waals surface area contributed by atoms with Crippen LogP contribution in [0.15, 0.2) is 12.2 Å². The van der Waals surface area contributed by atoms with Gasteiger partial charge in [-0.15, -0.1) is 0 Å². The Bertz CT molecular complexity index is 307. The largest absolute Gasteiger partial charge is 0.460 e. The lowest BCUT2D eigenvalue weighted by Crippen LogP contribution is -2.29. The van der Waals surface area contributed by atoms with Crippen molar-refractivity contribution in [1.82, 2.24) is 5.32 Å². The maximum absolute atomic E-state index is 11.2.